The molecule has 0 radical (unpaired) electrons. The molecule has 7 heteroatoms. The Hall–Kier alpha value is -3.35. The molecule has 0 bridgehead atoms. The first-order valence-corrected chi connectivity index (χ1v) is 11.9. The van der Waals surface area contributed by atoms with Crippen LogP contribution in [0.25, 0.3) is 11.1 Å². The average molecular weight is 465 g/mol. The van der Waals surface area contributed by atoms with E-state index in [9.17, 15) is 19.5 Å². The summed E-state index contributed by atoms with van der Waals surface area (Å²) in [5.41, 5.74) is 3.74. The first kappa shape index (κ1) is 23.8. The number of ether oxygens (including phenoxy) is 1. The smallest absolute Gasteiger partial charge is 0.407 e. The molecule has 2 amide bonds. The van der Waals surface area contributed by atoms with Crippen molar-refractivity contribution in [2.75, 3.05) is 6.61 Å². The van der Waals surface area contributed by atoms with Crippen LogP contribution in [0, 0.1) is 5.41 Å². The highest BCUT2D eigenvalue weighted by Gasteiger charge is 2.45. The predicted octanol–water partition coefficient (Wildman–Crippen LogP) is 4.45. The highest BCUT2D eigenvalue weighted by Crippen LogP contribution is 2.44. The van der Waals surface area contributed by atoms with Crippen LogP contribution in [-0.4, -0.2) is 41.8 Å². The minimum atomic E-state index is -0.916. The molecule has 3 unspecified atom stereocenters. The summed E-state index contributed by atoms with van der Waals surface area (Å²) >= 11 is 0. The van der Waals surface area contributed by atoms with E-state index in [1.807, 2.05) is 31.2 Å². The molecule has 0 saturated heterocycles. The van der Waals surface area contributed by atoms with Gasteiger partial charge in [0.2, 0.25) is 5.91 Å². The number of hydrogen-bond acceptors (Lipinski definition) is 4. The topological polar surface area (TPSA) is 105 Å². The van der Waals surface area contributed by atoms with Crippen LogP contribution in [0.4, 0.5) is 4.79 Å². The first-order chi connectivity index (χ1) is 16.3. The van der Waals surface area contributed by atoms with Gasteiger partial charge in [-0.1, -0.05) is 55.0 Å². The Morgan fingerprint density at radius 1 is 1.09 bits per heavy atom. The summed E-state index contributed by atoms with van der Waals surface area (Å²) in [6, 6.07) is 15.7. The van der Waals surface area contributed by atoms with Crippen molar-refractivity contribution in [1.82, 2.24) is 10.6 Å². The van der Waals surface area contributed by atoms with Crippen molar-refractivity contribution in [3.63, 3.8) is 0 Å². The molecule has 2 aromatic carbocycles. The number of carbonyl (C=O) groups excluding carboxylic acids is 2. The zero-order chi connectivity index (χ0) is 24.3. The third-order valence-electron chi connectivity index (χ3n) is 7.29. The van der Waals surface area contributed by atoms with Crippen molar-refractivity contribution < 1.29 is 24.2 Å². The van der Waals surface area contributed by atoms with Gasteiger partial charge >= 0.3 is 12.1 Å². The summed E-state index contributed by atoms with van der Waals surface area (Å²) in [5.74, 6) is -1.07. The van der Waals surface area contributed by atoms with Gasteiger partial charge < -0.3 is 20.5 Å². The van der Waals surface area contributed by atoms with Gasteiger partial charge in [-0.2, -0.15) is 0 Å². The number of alkyl carbamates (subject to hydrolysis) is 1. The molecule has 3 atom stereocenters. The minimum absolute atomic E-state index is 0.00538. The molecular weight excluding hydrogens is 432 g/mol. The third kappa shape index (κ3) is 4.79. The predicted molar refractivity (Wildman–Crippen MR) is 128 cm³/mol. The molecule has 4 rings (SSSR count). The molecule has 180 valence electrons. The van der Waals surface area contributed by atoms with Crippen LogP contribution in [0.3, 0.4) is 0 Å². The molecule has 3 N–H and O–H groups in total. The standard InChI is InChI=1S/C27H32N2O5/c1-17(13-14-24(30)29-23-12-7-15-27(23,2)25(31)32)28-26(33)34-16-22-20-10-5-3-8-18(20)19-9-4-6-11-21(19)22/h3-6,8-11,17,22-23H,7,12-16H2,1-2H3,(H,28,33)(H,29,30)(H,31,32). The molecule has 7 nitrogen and oxygen atoms in total. The van der Waals surface area contributed by atoms with Crippen molar-refractivity contribution in [2.45, 2.75) is 64.0 Å². The van der Waals surface area contributed by atoms with Gasteiger partial charge in [0.1, 0.15) is 6.61 Å². The van der Waals surface area contributed by atoms with Crippen molar-refractivity contribution in [3.8, 4) is 11.1 Å². The largest absolute Gasteiger partial charge is 0.481 e. The maximum Gasteiger partial charge on any atom is 0.407 e. The van der Waals surface area contributed by atoms with Crippen molar-refractivity contribution in [2.24, 2.45) is 5.41 Å². The lowest BCUT2D eigenvalue weighted by Gasteiger charge is -2.27. The highest BCUT2D eigenvalue weighted by molar-refractivity contribution is 5.80. The van der Waals surface area contributed by atoms with Gasteiger partial charge in [0, 0.05) is 24.4 Å². The van der Waals surface area contributed by atoms with Crippen LogP contribution < -0.4 is 10.6 Å². The SMILES string of the molecule is CC(CCC(=O)NC1CCCC1(C)C(=O)O)NC(=O)OCC1c2ccccc2-c2ccccc21. The van der Waals surface area contributed by atoms with E-state index >= 15 is 0 Å². The van der Waals surface area contributed by atoms with Crippen LogP contribution in [0.5, 0.6) is 0 Å². The second-order valence-corrected chi connectivity index (χ2v) is 9.64. The quantitative estimate of drug-likeness (QED) is 0.535. The van der Waals surface area contributed by atoms with Gasteiger partial charge in [0.25, 0.3) is 0 Å². The summed E-state index contributed by atoms with van der Waals surface area (Å²) in [6.07, 6.45) is 2.15. The summed E-state index contributed by atoms with van der Waals surface area (Å²) in [7, 11) is 0. The van der Waals surface area contributed by atoms with E-state index in [4.69, 9.17) is 4.74 Å². The number of benzene rings is 2. The Balaban J connectivity index is 1.24. The molecule has 34 heavy (non-hydrogen) atoms. The van der Waals surface area contributed by atoms with Gasteiger partial charge in [-0.3, -0.25) is 9.59 Å². The Kier molecular flexibility index (Phi) is 6.91. The maximum atomic E-state index is 12.4. The summed E-state index contributed by atoms with van der Waals surface area (Å²) < 4.78 is 5.56. The molecular formula is C27H32N2O5. The molecule has 0 aliphatic heterocycles. The molecule has 2 aliphatic carbocycles. The van der Waals surface area contributed by atoms with E-state index in [2.05, 4.69) is 34.9 Å². The molecule has 2 aromatic rings. The van der Waals surface area contributed by atoms with Crippen LogP contribution in [0.15, 0.2) is 48.5 Å². The maximum absolute atomic E-state index is 12.4. The second kappa shape index (κ2) is 9.87. The molecule has 0 spiro atoms. The number of hydrogen-bond donors (Lipinski definition) is 3. The third-order valence-corrected chi connectivity index (χ3v) is 7.29. The number of nitrogens with one attached hydrogen (secondary N) is 2. The van der Waals surface area contributed by atoms with Gasteiger partial charge in [-0.05, 0) is 55.4 Å². The summed E-state index contributed by atoms with van der Waals surface area (Å²) in [6.45, 7) is 3.75. The zero-order valence-corrected chi connectivity index (χ0v) is 19.7. The molecule has 2 aliphatic rings. The lowest BCUT2D eigenvalue weighted by Crippen LogP contribution is -2.47. The van der Waals surface area contributed by atoms with E-state index in [1.165, 1.54) is 11.1 Å². The number of carboxylic acids is 1. The number of amides is 2. The van der Waals surface area contributed by atoms with Gasteiger partial charge in [-0.25, -0.2) is 4.79 Å². The van der Waals surface area contributed by atoms with Crippen LogP contribution >= 0.6 is 0 Å². The Morgan fingerprint density at radius 3 is 2.32 bits per heavy atom. The highest BCUT2D eigenvalue weighted by atomic mass is 16.5. The van der Waals surface area contributed by atoms with Gasteiger partial charge in [0.05, 0.1) is 5.41 Å². The Morgan fingerprint density at radius 2 is 1.71 bits per heavy atom. The molecule has 1 fully saturated rings. The number of aliphatic carboxylic acids is 1. The zero-order valence-electron chi connectivity index (χ0n) is 19.7. The fourth-order valence-corrected chi connectivity index (χ4v) is 5.18. The Bertz CT molecular complexity index is 1040. The minimum Gasteiger partial charge on any atom is -0.481 e. The summed E-state index contributed by atoms with van der Waals surface area (Å²) in [4.78, 5) is 36.4. The number of carboxylic acid groups (broad SMARTS) is 1. The number of carbonyl (C=O) groups is 3. The van der Waals surface area contributed by atoms with Crippen molar-refractivity contribution in [3.05, 3.63) is 59.7 Å². The van der Waals surface area contributed by atoms with Gasteiger partial charge in [0.15, 0.2) is 0 Å². The Labute approximate surface area is 199 Å². The van der Waals surface area contributed by atoms with E-state index in [-0.39, 0.29) is 36.9 Å². The van der Waals surface area contributed by atoms with Crippen LogP contribution in [-0.2, 0) is 14.3 Å². The fourth-order valence-electron chi connectivity index (χ4n) is 5.18. The molecule has 1 saturated carbocycles. The second-order valence-electron chi connectivity index (χ2n) is 9.64. The van der Waals surface area contributed by atoms with E-state index in [0.29, 0.717) is 19.3 Å². The lowest BCUT2D eigenvalue weighted by molar-refractivity contribution is -0.149. The monoisotopic (exact) mass is 464 g/mol. The van der Waals surface area contributed by atoms with Crippen molar-refractivity contribution >= 4 is 18.0 Å². The van der Waals surface area contributed by atoms with Gasteiger partial charge in [-0.15, -0.1) is 0 Å². The summed E-state index contributed by atoms with van der Waals surface area (Å²) in [5, 5.41) is 15.2. The van der Waals surface area contributed by atoms with Crippen LogP contribution in [0.2, 0.25) is 0 Å². The van der Waals surface area contributed by atoms with E-state index < -0.39 is 17.5 Å². The lowest BCUT2D eigenvalue weighted by atomic mass is 9.85. The van der Waals surface area contributed by atoms with E-state index in [0.717, 1.165) is 17.5 Å². The number of fused-ring (bicyclic) bond motifs is 3. The normalized spacial score (nSPS) is 21.9. The average Bonchev–Trinajstić information content (AvgIpc) is 3.35. The first-order valence-electron chi connectivity index (χ1n) is 11.9. The number of rotatable bonds is 8. The fraction of sp³-hybridized carbons (Fsp3) is 0.444. The van der Waals surface area contributed by atoms with E-state index in [1.54, 1.807) is 6.92 Å². The molecule has 0 aromatic heterocycles. The van der Waals surface area contributed by atoms with Crippen molar-refractivity contribution in [1.29, 1.82) is 0 Å². The van der Waals surface area contributed by atoms with Crippen LogP contribution in [0.1, 0.15) is 63.0 Å². The molecule has 0 heterocycles.